The number of anilines is 1. The highest BCUT2D eigenvalue weighted by molar-refractivity contribution is 5.99. The van der Waals surface area contributed by atoms with Crippen molar-refractivity contribution in [1.82, 2.24) is 19.7 Å². The molecule has 0 spiro atoms. The fraction of sp³-hybridized carbons (Fsp3) is 0.412. The second kappa shape index (κ2) is 5.43. The van der Waals surface area contributed by atoms with E-state index in [1.54, 1.807) is 26.7 Å². The van der Waals surface area contributed by atoms with Gasteiger partial charge in [-0.2, -0.15) is 5.10 Å². The zero-order valence-corrected chi connectivity index (χ0v) is 13.7. The first-order valence-corrected chi connectivity index (χ1v) is 8.06. The molecule has 0 radical (unpaired) electrons. The van der Waals surface area contributed by atoms with E-state index in [0.29, 0.717) is 25.3 Å². The first-order valence-electron chi connectivity index (χ1n) is 8.06. The molecule has 24 heavy (non-hydrogen) atoms. The summed E-state index contributed by atoms with van der Waals surface area (Å²) in [5, 5.41) is 4.13. The number of carbonyl (C=O) groups is 2. The minimum atomic E-state index is -0.126. The Morgan fingerprint density at radius 3 is 2.75 bits per heavy atom. The average Bonchev–Trinajstić information content (AvgIpc) is 3.23. The minimum absolute atomic E-state index is 0.0838. The molecule has 7 heteroatoms. The van der Waals surface area contributed by atoms with Crippen LogP contribution in [-0.2, 0) is 11.8 Å². The first kappa shape index (κ1) is 14.9. The smallest absolute Gasteiger partial charge is 0.272 e. The van der Waals surface area contributed by atoms with Crippen LogP contribution in [0.1, 0.15) is 16.2 Å². The van der Waals surface area contributed by atoms with E-state index in [0.717, 1.165) is 11.4 Å². The van der Waals surface area contributed by atoms with E-state index >= 15 is 0 Å². The fourth-order valence-electron chi connectivity index (χ4n) is 3.63. The van der Waals surface area contributed by atoms with E-state index < -0.39 is 0 Å². The van der Waals surface area contributed by atoms with Crippen molar-refractivity contribution in [1.29, 1.82) is 0 Å². The van der Waals surface area contributed by atoms with Crippen LogP contribution in [0.5, 0.6) is 0 Å². The lowest BCUT2D eigenvalue weighted by atomic mass is 10.0. The molecule has 124 valence electrons. The summed E-state index contributed by atoms with van der Waals surface area (Å²) in [4.78, 5) is 33.2. The number of hydrogen-bond acceptors (Lipinski definition) is 4. The van der Waals surface area contributed by atoms with Crippen molar-refractivity contribution in [2.24, 2.45) is 18.9 Å². The Labute approximate surface area is 139 Å². The number of aromatic nitrogens is 3. The van der Waals surface area contributed by atoms with Crippen LogP contribution in [0.4, 0.5) is 5.69 Å². The second-order valence-corrected chi connectivity index (χ2v) is 6.56. The quantitative estimate of drug-likeness (QED) is 0.821. The fourth-order valence-corrected chi connectivity index (χ4v) is 3.63. The van der Waals surface area contributed by atoms with Crippen molar-refractivity contribution in [2.45, 2.75) is 6.92 Å². The molecule has 2 aromatic heterocycles. The molecule has 0 unspecified atom stereocenters. The van der Waals surface area contributed by atoms with Crippen molar-refractivity contribution in [3.8, 4) is 0 Å². The van der Waals surface area contributed by atoms with E-state index in [2.05, 4.69) is 10.1 Å². The summed E-state index contributed by atoms with van der Waals surface area (Å²) >= 11 is 0. The Balaban J connectivity index is 1.49. The molecule has 2 fully saturated rings. The zero-order chi connectivity index (χ0) is 16.8. The summed E-state index contributed by atoms with van der Waals surface area (Å²) in [6.45, 7) is 3.57. The Morgan fingerprint density at radius 1 is 1.25 bits per heavy atom. The summed E-state index contributed by atoms with van der Waals surface area (Å²) in [5.41, 5.74) is 2.10. The Kier molecular flexibility index (Phi) is 3.37. The number of likely N-dealkylation sites (tertiary alicyclic amines) is 1. The van der Waals surface area contributed by atoms with E-state index in [1.165, 1.54) is 0 Å². The molecule has 7 nitrogen and oxygen atoms in total. The molecule has 0 saturated carbocycles. The molecule has 0 aromatic carbocycles. The highest BCUT2D eigenvalue weighted by atomic mass is 16.2. The predicted octanol–water partition coefficient (Wildman–Crippen LogP) is 0.859. The van der Waals surface area contributed by atoms with Crippen LogP contribution < -0.4 is 4.90 Å². The third kappa shape index (κ3) is 2.36. The van der Waals surface area contributed by atoms with Gasteiger partial charge in [-0.05, 0) is 19.1 Å². The van der Waals surface area contributed by atoms with Crippen LogP contribution in [0.15, 0.2) is 30.6 Å². The lowest BCUT2D eigenvalue weighted by Gasteiger charge is -2.20. The molecule has 2 amide bonds. The number of fused-ring (bicyclic) bond motifs is 1. The maximum atomic E-state index is 12.7. The van der Waals surface area contributed by atoms with Gasteiger partial charge in [0.15, 0.2) is 0 Å². The van der Waals surface area contributed by atoms with Gasteiger partial charge < -0.3 is 9.80 Å². The van der Waals surface area contributed by atoms with Gasteiger partial charge in [0.05, 0.1) is 17.8 Å². The highest BCUT2D eigenvalue weighted by Crippen LogP contribution is 2.35. The van der Waals surface area contributed by atoms with Gasteiger partial charge in [0.1, 0.15) is 5.69 Å². The van der Waals surface area contributed by atoms with Crippen LogP contribution in [0.3, 0.4) is 0 Å². The predicted molar refractivity (Wildman–Crippen MR) is 87.4 cm³/mol. The van der Waals surface area contributed by atoms with Crippen molar-refractivity contribution in [3.63, 3.8) is 0 Å². The SMILES string of the molecule is Cc1cccc(C(=O)N2C[C@H]3CN(c4cnn(C)c4)C(=O)[C@H]3C2)n1. The topological polar surface area (TPSA) is 71.3 Å². The number of nitrogens with zero attached hydrogens (tertiary/aromatic N) is 5. The largest absolute Gasteiger partial charge is 0.336 e. The molecule has 2 atom stereocenters. The van der Waals surface area contributed by atoms with Gasteiger partial charge >= 0.3 is 0 Å². The monoisotopic (exact) mass is 325 g/mol. The van der Waals surface area contributed by atoms with Crippen molar-refractivity contribution >= 4 is 17.5 Å². The molecule has 2 saturated heterocycles. The summed E-state index contributed by atoms with van der Waals surface area (Å²) in [6.07, 6.45) is 3.55. The van der Waals surface area contributed by atoms with E-state index in [4.69, 9.17) is 0 Å². The summed E-state index contributed by atoms with van der Waals surface area (Å²) < 4.78 is 1.69. The number of rotatable bonds is 2. The molecule has 0 bridgehead atoms. The van der Waals surface area contributed by atoms with Gasteiger partial charge in [-0.3, -0.25) is 14.3 Å². The number of pyridine rings is 1. The molecule has 2 aromatic rings. The normalized spacial score (nSPS) is 23.0. The van der Waals surface area contributed by atoms with Crippen molar-refractivity contribution < 1.29 is 9.59 Å². The first-order chi connectivity index (χ1) is 11.5. The van der Waals surface area contributed by atoms with Crippen LogP contribution in [-0.4, -0.2) is 51.1 Å². The van der Waals surface area contributed by atoms with E-state index in [-0.39, 0.29) is 23.7 Å². The Morgan fingerprint density at radius 2 is 2.08 bits per heavy atom. The number of aryl methyl sites for hydroxylation is 2. The summed E-state index contributed by atoms with van der Waals surface area (Å²) in [7, 11) is 1.83. The van der Waals surface area contributed by atoms with E-state index in [9.17, 15) is 9.59 Å². The highest BCUT2D eigenvalue weighted by Gasteiger charge is 2.48. The Hall–Kier alpha value is -2.70. The van der Waals surface area contributed by atoms with Crippen molar-refractivity contribution in [3.05, 3.63) is 42.0 Å². The van der Waals surface area contributed by atoms with Gasteiger partial charge in [0, 0.05) is 44.5 Å². The molecule has 0 N–H and O–H groups in total. The zero-order valence-electron chi connectivity index (χ0n) is 13.7. The number of carbonyl (C=O) groups excluding carboxylic acids is 2. The summed E-state index contributed by atoms with van der Waals surface area (Å²) in [6, 6.07) is 5.43. The van der Waals surface area contributed by atoms with Gasteiger partial charge in [0.2, 0.25) is 5.91 Å². The van der Waals surface area contributed by atoms with Gasteiger partial charge in [-0.15, -0.1) is 0 Å². The van der Waals surface area contributed by atoms with Crippen LogP contribution in [0.25, 0.3) is 0 Å². The van der Waals surface area contributed by atoms with Crippen molar-refractivity contribution in [2.75, 3.05) is 24.5 Å². The van der Waals surface area contributed by atoms with E-state index in [1.807, 2.05) is 32.3 Å². The Bertz CT molecular complexity index is 815. The van der Waals surface area contributed by atoms with Gasteiger partial charge in [0.25, 0.3) is 5.91 Å². The number of hydrogen-bond donors (Lipinski definition) is 0. The molecule has 0 aliphatic carbocycles. The molecular weight excluding hydrogens is 306 g/mol. The lowest BCUT2D eigenvalue weighted by Crippen LogP contribution is -2.36. The van der Waals surface area contributed by atoms with Gasteiger partial charge in [-0.1, -0.05) is 6.07 Å². The molecule has 4 heterocycles. The molecule has 2 aliphatic rings. The number of amides is 2. The minimum Gasteiger partial charge on any atom is -0.336 e. The van der Waals surface area contributed by atoms with Crippen LogP contribution in [0.2, 0.25) is 0 Å². The maximum absolute atomic E-state index is 12.7. The third-order valence-electron chi connectivity index (χ3n) is 4.84. The second-order valence-electron chi connectivity index (χ2n) is 6.56. The third-order valence-corrected chi connectivity index (χ3v) is 4.84. The summed E-state index contributed by atoms with van der Waals surface area (Å²) in [5.74, 6) is 0.0414. The standard InChI is InChI=1S/C17H19N5O2/c1-11-4-3-5-15(19-11)17(24)21-7-12-8-22(16(23)14(12)10-21)13-6-18-20(2)9-13/h3-6,9,12,14H,7-8,10H2,1-2H3/t12-,14-/m0/s1. The maximum Gasteiger partial charge on any atom is 0.272 e. The lowest BCUT2D eigenvalue weighted by molar-refractivity contribution is -0.120. The molecule has 2 aliphatic heterocycles. The van der Waals surface area contributed by atoms with Crippen LogP contribution in [0, 0.1) is 18.8 Å². The van der Waals surface area contributed by atoms with Crippen LogP contribution >= 0.6 is 0 Å². The average molecular weight is 325 g/mol. The molecule has 4 rings (SSSR count). The van der Waals surface area contributed by atoms with Gasteiger partial charge in [-0.25, -0.2) is 4.98 Å². The molecular formula is C17H19N5O2.